The van der Waals surface area contributed by atoms with Crippen molar-refractivity contribution >= 4 is 22.4 Å². The summed E-state index contributed by atoms with van der Waals surface area (Å²) in [5.41, 5.74) is 5.90. The molecule has 3 nitrogen and oxygen atoms in total. The van der Waals surface area contributed by atoms with Crippen molar-refractivity contribution in [3.8, 4) is 5.75 Å². The Morgan fingerprint density at radius 3 is 2.74 bits per heavy atom. The molecule has 2 aromatic rings. The topological polar surface area (TPSA) is 48.1 Å². The first kappa shape index (κ1) is 12.7. The van der Waals surface area contributed by atoms with Gasteiger partial charge in [-0.2, -0.15) is 0 Å². The van der Waals surface area contributed by atoms with Gasteiger partial charge in [-0.3, -0.25) is 0 Å². The van der Waals surface area contributed by atoms with E-state index in [0.717, 1.165) is 42.2 Å². The van der Waals surface area contributed by atoms with Crippen LogP contribution in [0.25, 0.3) is 10.8 Å². The first-order chi connectivity index (χ1) is 9.22. The Hall–Kier alpha value is -1.32. The highest BCUT2D eigenvalue weighted by Crippen LogP contribution is 2.28. The summed E-state index contributed by atoms with van der Waals surface area (Å²) in [5.74, 6) is 0.898. The number of aromatic nitrogens is 1. The summed E-state index contributed by atoms with van der Waals surface area (Å²) < 4.78 is 6.03. The van der Waals surface area contributed by atoms with Crippen LogP contribution in [0.4, 0.5) is 0 Å². The minimum absolute atomic E-state index is 0.287. The Labute approximate surface area is 117 Å². The first-order valence-electron chi connectivity index (χ1n) is 6.69. The van der Waals surface area contributed by atoms with Crippen molar-refractivity contribution in [3.63, 3.8) is 0 Å². The summed E-state index contributed by atoms with van der Waals surface area (Å²) in [6, 6.07) is 8.25. The molecular formula is C15H17ClN2O. The molecule has 2 N–H and O–H groups in total. The van der Waals surface area contributed by atoms with Gasteiger partial charge in [0.05, 0.1) is 6.10 Å². The molecule has 4 heteroatoms. The van der Waals surface area contributed by atoms with E-state index in [1.165, 1.54) is 0 Å². The Bertz CT molecular complexity index is 579. The number of fused-ring (bicyclic) bond motifs is 1. The van der Waals surface area contributed by atoms with Crippen molar-refractivity contribution in [1.29, 1.82) is 0 Å². The number of benzene rings is 1. The molecule has 19 heavy (non-hydrogen) atoms. The lowest BCUT2D eigenvalue weighted by molar-refractivity contribution is 0.147. The fraction of sp³-hybridized carbons (Fsp3) is 0.400. The molecule has 0 aliphatic heterocycles. The molecule has 1 fully saturated rings. The smallest absolute Gasteiger partial charge is 0.136 e. The maximum Gasteiger partial charge on any atom is 0.136 e. The Morgan fingerprint density at radius 2 is 1.95 bits per heavy atom. The quantitative estimate of drug-likeness (QED) is 0.854. The van der Waals surface area contributed by atoms with Gasteiger partial charge in [-0.25, -0.2) is 4.98 Å². The van der Waals surface area contributed by atoms with Crippen LogP contribution in [0.2, 0.25) is 5.15 Å². The lowest BCUT2D eigenvalue weighted by Crippen LogP contribution is -2.31. The van der Waals surface area contributed by atoms with E-state index >= 15 is 0 Å². The molecule has 0 amide bonds. The number of ether oxygens (including phenoxy) is 1. The van der Waals surface area contributed by atoms with Crippen molar-refractivity contribution in [3.05, 3.63) is 35.6 Å². The van der Waals surface area contributed by atoms with Crippen LogP contribution in [0, 0.1) is 0 Å². The van der Waals surface area contributed by atoms with Gasteiger partial charge in [0.25, 0.3) is 0 Å². The number of hydrogen-bond donors (Lipinski definition) is 1. The van der Waals surface area contributed by atoms with Gasteiger partial charge in [-0.1, -0.05) is 11.6 Å². The van der Waals surface area contributed by atoms with Gasteiger partial charge in [-0.15, -0.1) is 0 Å². The van der Waals surface area contributed by atoms with E-state index in [0.29, 0.717) is 11.2 Å². The van der Waals surface area contributed by atoms with Gasteiger partial charge in [0, 0.05) is 17.6 Å². The zero-order chi connectivity index (χ0) is 13.2. The van der Waals surface area contributed by atoms with Crippen LogP contribution in [0.3, 0.4) is 0 Å². The highest BCUT2D eigenvalue weighted by Gasteiger charge is 2.19. The second-order valence-corrected chi connectivity index (χ2v) is 5.50. The highest BCUT2D eigenvalue weighted by atomic mass is 35.5. The largest absolute Gasteiger partial charge is 0.490 e. The average molecular weight is 277 g/mol. The lowest BCUT2D eigenvalue weighted by Gasteiger charge is -2.26. The fourth-order valence-electron chi connectivity index (χ4n) is 2.59. The Balaban J connectivity index is 1.78. The van der Waals surface area contributed by atoms with Gasteiger partial charge < -0.3 is 10.5 Å². The Kier molecular flexibility index (Phi) is 3.58. The normalized spacial score (nSPS) is 23.5. The molecule has 0 atom stereocenters. The van der Waals surface area contributed by atoms with Gasteiger partial charge in [0.2, 0.25) is 0 Å². The third kappa shape index (κ3) is 2.82. The minimum atomic E-state index is 0.287. The SMILES string of the molecule is N[C@H]1CC[C@@H](Oc2ccc3c(Cl)nccc3c2)CC1. The summed E-state index contributed by atoms with van der Waals surface area (Å²) in [4.78, 5) is 4.07. The van der Waals surface area contributed by atoms with Crippen molar-refractivity contribution in [1.82, 2.24) is 4.98 Å². The van der Waals surface area contributed by atoms with Crippen molar-refractivity contribution in [2.45, 2.75) is 37.8 Å². The van der Waals surface area contributed by atoms with Gasteiger partial charge >= 0.3 is 0 Å². The summed E-state index contributed by atoms with van der Waals surface area (Å²) in [7, 11) is 0. The molecule has 1 aromatic heterocycles. The van der Waals surface area contributed by atoms with E-state index in [-0.39, 0.29) is 6.10 Å². The van der Waals surface area contributed by atoms with E-state index < -0.39 is 0 Å². The average Bonchev–Trinajstić information content (AvgIpc) is 2.42. The minimum Gasteiger partial charge on any atom is -0.490 e. The van der Waals surface area contributed by atoms with E-state index in [2.05, 4.69) is 4.98 Å². The molecule has 0 radical (unpaired) electrons. The number of nitrogens with zero attached hydrogens (tertiary/aromatic N) is 1. The molecule has 0 saturated heterocycles. The predicted molar refractivity (Wildman–Crippen MR) is 77.6 cm³/mol. The predicted octanol–water partition coefficient (Wildman–Crippen LogP) is 3.54. The van der Waals surface area contributed by atoms with Crippen LogP contribution in [0.1, 0.15) is 25.7 Å². The number of hydrogen-bond acceptors (Lipinski definition) is 3. The van der Waals surface area contributed by atoms with Crippen LogP contribution in [0.5, 0.6) is 5.75 Å². The summed E-state index contributed by atoms with van der Waals surface area (Å²) >= 11 is 6.05. The zero-order valence-corrected chi connectivity index (χ0v) is 11.4. The monoisotopic (exact) mass is 276 g/mol. The Morgan fingerprint density at radius 1 is 1.16 bits per heavy atom. The van der Waals surface area contributed by atoms with Crippen LogP contribution < -0.4 is 10.5 Å². The van der Waals surface area contributed by atoms with Crippen LogP contribution in [-0.4, -0.2) is 17.1 Å². The zero-order valence-electron chi connectivity index (χ0n) is 10.7. The maximum atomic E-state index is 6.05. The van der Waals surface area contributed by atoms with Gasteiger partial charge in [0.1, 0.15) is 10.9 Å². The molecule has 1 aliphatic rings. The third-order valence-corrected chi connectivity index (χ3v) is 4.01. The summed E-state index contributed by atoms with van der Waals surface area (Å²) in [5, 5.41) is 2.56. The van der Waals surface area contributed by atoms with Crippen molar-refractivity contribution in [2.24, 2.45) is 5.73 Å². The van der Waals surface area contributed by atoms with E-state index in [1.54, 1.807) is 6.20 Å². The molecule has 1 saturated carbocycles. The van der Waals surface area contributed by atoms with Crippen molar-refractivity contribution < 1.29 is 4.74 Å². The van der Waals surface area contributed by atoms with Crippen LogP contribution >= 0.6 is 11.6 Å². The molecule has 100 valence electrons. The summed E-state index contributed by atoms with van der Waals surface area (Å²) in [6.07, 6.45) is 6.18. The second-order valence-electron chi connectivity index (χ2n) is 5.14. The van der Waals surface area contributed by atoms with E-state index in [4.69, 9.17) is 22.1 Å². The second kappa shape index (κ2) is 5.35. The number of nitrogens with two attached hydrogens (primary N) is 1. The maximum absolute atomic E-state index is 6.05. The first-order valence-corrected chi connectivity index (χ1v) is 7.06. The molecule has 1 aromatic carbocycles. The van der Waals surface area contributed by atoms with Crippen LogP contribution in [0.15, 0.2) is 30.5 Å². The van der Waals surface area contributed by atoms with E-state index in [9.17, 15) is 0 Å². The molecular weight excluding hydrogens is 260 g/mol. The summed E-state index contributed by atoms with van der Waals surface area (Å²) in [6.45, 7) is 0. The molecule has 1 heterocycles. The molecule has 1 aliphatic carbocycles. The standard InChI is InChI=1S/C15H17ClN2O/c16-15-14-6-5-13(9-10(14)7-8-18-15)19-12-3-1-11(17)2-4-12/h5-9,11-12H,1-4,17H2/t11-,12+. The van der Waals surface area contributed by atoms with Gasteiger partial charge in [-0.05, 0) is 55.3 Å². The third-order valence-electron chi connectivity index (χ3n) is 3.71. The van der Waals surface area contributed by atoms with Gasteiger partial charge in [0.15, 0.2) is 0 Å². The number of halogens is 1. The van der Waals surface area contributed by atoms with E-state index in [1.807, 2.05) is 24.3 Å². The number of rotatable bonds is 2. The van der Waals surface area contributed by atoms with Crippen molar-refractivity contribution in [2.75, 3.05) is 0 Å². The molecule has 3 rings (SSSR count). The molecule has 0 spiro atoms. The molecule has 0 unspecified atom stereocenters. The number of pyridine rings is 1. The fourth-order valence-corrected chi connectivity index (χ4v) is 2.82. The highest BCUT2D eigenvalue weighted by molar-refractivity contribution is 6.34. The molecule has 0 bridgehead atoms. The van der Waals surface area contributed by atoms with Crippen LogP contribution in [-0.2, 0) is 0 Å². The lowest BCUT2D eigenvalue weighted by atomic mass is 9.94.